The fourth-order valence-electron chi connectivity index (χ4n) is 3.83. The van der Waals surface area contributed by atoms with Crippen LogP contribution in [0.25, 0.3) is 0 Å². The third-order valence-electron chi connectivity index (χ3n) is 5.40. The summed E-state index contributed by atoms with van der Waals surface area (Å²) in [6.45, 7) is 8.04. The first-order valence-corrected chi connectivity index (χ1v) is 9.59. The summed E-state index contributed by atoms with van der Waals surface area (Å²) in [5, 5.41) is 1.77. The van der Waals surface area contributed by atoms with Gasteiger partial charge in [0.05, 0.1) is 10.4 Å². The second kappa shape index (κ2) is 7.12. The summed E-state index contributed by atoms with van der Waals surface area (Å²) >= 11 is 1.33. The van der Waals surface area contributed by atoms with Gasteiger partial charge in [-0.1, -0.05) is 6.08 Å². The van der Waals surface area contributed by atoms with E-state index in [1.165, 1.54) is 18.3 Å². The molecule has 0 saturated carbocycles. The van der Waals surface area contributed by atoms with E-state index in [0.29, 0.717) is 36.5 Å². The number of Topliss-reactive ketones (excluding diaryl/α,β-unsaturated/α-hetero) is 1. The number of likely N-dealkylation sites (tertiary alicyclic amines) is 2. The Morgan fingerprint density at radius 2 is 2.04 bits per heavy atom. The minimum atomic E-state index is -0.00386. The molecular weight excluding hydrogens is 336 g/mol. The highest BCUT2D eigenvalue weighted by atomic mass is 32.1. The Morgan fingerprint density at radius 1 is 1.32 bits per heavy atom. The number of carbonyl (C=O) groups excluding carboxylic acids is 3. The molecule has 0 atom stereocenters. The molecular formula is C19H24N2O3S. The molecule has 0 aromatic carbocycles. The fraction of sp³-hybridized carbons (Fsp3) is 0.526. The van der Waals surface area contributed by atoms with Gasteiger partial charge >= 0.3 is 0 Å². The molecule has 134 valence electrons. The Labute approximate surface area is 152 Å². The number of rotatable bonds is 4. The van der Waals surface area contributed by atoms with Crippen LogP contribution in [-0.2, 0) is 4.79 Å². The number of hydrogen-bond acceptors (Lipinski definition) is 4. The molecule has 2 aliphatic heterocycles. The van der Waals surface area contributed by atoms with Gasteiger partial charge in [0.2, 0.25) is 5.91 Å². The number of nitrogens with zero attached hydrogens (tertiary/aromatic N) is 2. The maximum atomic E-state index is 12.7. The van der Waals surface area contributed by atoms with Crippen molar-refractivity contribution in [2.24, 2.45) is 5.41 Å². The summed E-state index contributed by atoms with van der Waals surface area (Å²) in [5.74, 6) is 0.211. The zero-order valence-corrected chi connectivity index (χ0v) is 15.4. The summed E-state index contributed by atoms with van der Waals surface area (Å²) in [6.07, 6.45) is 5.12. The van der Waals surface area contributed by atoms with Crippen LogP contribution in [0.4, 0.5) is 0 Å². The third-order valence-corrected chi connectivity index (χ3v) is 6.43. The van der Waals surface area contributed by atoms with Gasteiger partial charge in [0.15, 0.2) is 5.78 Å². The van der Waals surface area contributed by atoms with Gasteiger partial charge in [-0.25, -0.2) is 0 Å². The zero-order chi connectivity index (χ0) is 18.0. The highest BCUT2D eigenvalue weighted by molar-refractivity contribution is 7.12. The van der Waals surface area contributed by atoms with Crippen LogP contribution in [0.2, 0.25) is 0 Å². The molecule has 2 fully saturated rings. The molecule has 0 unspecified atom stereocenters. The van der Waals surface area contributed by atoms with Crippen LogP contribution in [-0.4, -0.2) is 53.6 Å². The molecule has 0 aliphatic carbocycles. The lowest BCUT2D eigenvalue weighted by molar-refractivity contribution is -0.138. The van der Waals surface area contributed by atoms with Crippen molar-refractivity contribution >= 4 is 28.9 Å². The zero-order valence-electron chi connectivity index (χ0n) is 14.6. The van der Waals surface area contributed by atoms with Crippen LogP contribution in [0.3, 0.4) is 0 Å². The van der Waals surface area contributed by atoms with Crippen LogP contribution in [0, 0.1) is 5.41 Å². The lowest BCUT2D eigenvalue weighted by Crippen LogP contribution is -2.52. The first-order valence-electron chi connectivity index (χ1n) is 8.71. The minimum Gasteiger partial charge on any atom is -0.339 e. The number of ketones is 1. The lowest BCUT2D eigenvalue weighted by atomic mass is 9.72. The molecule has 1 aromatic heterocycles. The van der Waals surface area contributed by atoms with Gasteiger partial charge in [0, 0.05) is 38.0 Å². The lowest BCUT2D eigenvalue weighted by Gasteiger charge is -2.47. The quantitative estimate of drug-likeness (QED) is 0.613. The second-order valence-electron chi connectivity index (χ2n) is 7.11. The van der Waals surface area contributed by atoms with E-state index < -0.39 is 0 Å². The van der Waals surface area contributed by atoms with Gasteiger partial charge in [-0.2, -0.15) is 0 Å². The van der Waals surface area contributed by atoms with Crippen LogP contribution in [0.15, 0.2) is 24.1 Å². The van der Waals surface area contributed by atoms with Crippen molar-refractivity contribution in [3.05, 3.63) is 34.5 Å². The van der Waals surface area contributed by atoms with Gasteiger partial charge in [-0.3, -0.25) is 14.4 Å². The molecule has 0 bridgehead atoms. The van der Waals surface area contributed by atoms with Gasteiger partial charge in [-0.05, 0) is 37.7 Å². The van der Waals surface area contributed by atoms with Crippen LogP contribution in [0.1, 0.15) is 52.6 Å². The van der Waals surface area contributed by atoms with E-state index in [0.717, 1.165) is 25.8 Å². The number of amides is 2. The van der Waals surface area contributed by atoms with Crippen LogP contribution < -0.4 is 0 Å². The van der Waals surface area contributed by atoms with Gasteiger partial charge in [0.1, 0.15) is 0 Å². The van der Waals surface area contributed by atoms with Crippen molar-refractivity contribution in [2.75, 3.05) is 26.2 Å². The SMILES string of the molecule is C=CCN1CC2(CCC1=O)CCN(C(=O)c1csc(C(C)=O)c1)CC2. The number of carbonyl (C=O) groups is 3. The predicted molar refractivity (Wildman–Crippen MR) is 97.9 cm³/mol. The van der Waals surface area contributed by atoms with E-state index in [2.05, 4.69) is 6.58 Å². The average molecular weight is 360 g/mol. The van der Waals surface area contributed by atoms with Crippen molar-refractivity contribution in [3.63, 3.8) is 0 Å². The number of hydrogen-bond donors (Lipinski definition) is 0. The molecule has 0 N–H and O–H groups in total. The topological polar surface area (TPSA) is 57.7 Å². The van der Waals surface area contributed by atoms with E-state index in [1.807, 2.05) is 9.80 Å². The average Bonchev–Trinajstić information content (AvgIpc) is 3.09. The summed E-state index contributed by atoms with van der Waals surface area (Å²) < 4.78 is 0. The molecule has 5 nitrogen and oxygen atoms in total. The summed E-state index contributed by atoms with van der Waals surface area (Å²) in [5.41, 5.74) is 0.741. The number of thiophene rings is 1. The van der Waals surface area contributed by atoms with Gasteiger partial charge in [-0.15, -0.1) is 17.9 Å². The van der Waals surface area contributed by atoms with E-state index in [-0.39, 0.29) is 23.0 Å². The smallest absolute Gasteiger partial charge is 0.254 e. The Morgan fingerprint density at radius 3 is 2.64 bits per heavy atom. The Kier molecular flexibility index (Phi) is 5.08. The molecule has 1 spiro atoms. The molecule has 2 aliphatic rings. The first-order chi connectivity index (χ1) is 11.9. The Hall–Kier alpha value is -1.95. The van der Waals surface area contributed by atoms with Crippen molar-refractivity contribution in [3.8, 4) is 0 Å². The summed E-state index contributed by atoms with van der Waals surface area (Å²) in [7, 11) is 0. The molecule has 1 aromatic rings. The molecule has 6 heteroatoms. The molecule has 3 rings (SSSR count). The Balaban J connectivity index is 1.62. The third kappa shape index (κ3) is 3.68. The summed E-state index contributed by atoms with van der Waals surface area (Å²) in [4.78, 5) is 40.5. The van der Waals surface area contributed by atoms with E-state index >= 15 is 0 Å². The van der Waals surface area contributed by atoms with Crippen molar-refractivity contribution in [2.45, 2.75) is 32.6 Å². The molecule has 25 heavy (non-hydrogen) atoms. The normalized spacial score (nSPS) is 20.0. The first kappa shape index (κ1) is 17.9. The molecule has 0 radical (unpaired) electrons. The highest BCUT2D eigenvalue weighted by Crippen LogP contribution is 2.40. The molecule has 2 saturated heterocycles. The fourth-order valence-corrected chi connectivity index (χ4v) is 4.62. The maximum Gasteiger partial charge on any atom is 0.254 e. The van der Waals surface area contributed by atoms with E-state index in [4.69, 9.17) is 0 Å². The maximum absolute atomic E-state index is 12.7. The monoisotopic (exact) mass is 360 g/mol. The van der Waals surface area contributed by atoms with Crippen molar-refractivity contribution in [1.29, 1.82) is 0 Å². The minimum absolute atomic E-state index is 0.00386. The summed E-state index contributed by atoms with van der Waals surface area (Å²) in [6, 6.07) is 1.70. The molecule has 2 amide bonds. The largest absolute Gasteiger partial charge is 0.339 e. The van der Waals surface area contributed by atoms with E-state index in [1.54, 1.807) is 17.5 Å². The van der Waals surface area contributed by atoms with Gasteiger partial charge in [0.25, 0.3) is 5.91 Å². The van der Waals surface area contributed by atoms with Crippen LogP contribution in [0.5, 0.6) is 0 Å². The molecule has 3 heterocycles. The standard InChI is InChI=1S/C19H24N2O3S/c1-3-8-21-13-19(5-4-17(21)23)6-9-20(10-7-19)18(24)15-11-16(14(2)22)25-12-15/h3,11-12H,1,4-10,13H2,2H3. The second-order valence-corrected chi connectivity index (χ2v) is 8.02. The van der Waals surface area contributed by atoms with Crippen molar-refractivity contribution in [1.82, 2.24) is 9.80 Å². The highest BCUT2D eigenvalue weighted by Gasteiger charge is 2.41. The van der Waals surface area contributed by atoms with E-state index in [9.17, 15) is 14.4 Å². The number of piperidine rings is 2. The van der Waals surface area contributed by atoms with Crippen molar-refractivity contribution < 1.29 is 14.4 Å². The van der Waals surface area contributed by atoms with Crippen LogP contribution >= 0.6 is 11.3 Å². The van der Waals surface area contributed by atoms with Gasteiger partial charge < -0.3 is 9.80 Å². The predicted octanol–water partition coefficient (Wildman–Crippen LogP) is 2.98. The Bertz CT molecular complexity index is 701.